The van der Waals surface area contributed by atoms with Gasteiger partial charge in [-0.3, -0.25) is 4.79 Å². The van der Waals surface area contributed by atoms with Crippen LogP contribution in [-0.2, 0) is 6.42 Å². The molecule has 2 rings (SSSR count). The smallest absolute Gasteiger partial charge is 0.179 e. The zero-order valence-electron chi connectivity index (χ0n) is 12.0. The molecule has 0 spiro atoms. The first-order valence-corrected chi connectivity index (χ1v) is 7.36. The highest BCUT2D eigenvalue weighted by Crippen LogP contribution is 2.23. The van der Waals surface area contributed by atoms with Gasteiger partial charge in [0.1, 0.15) is 0 Å². The van der Waals surface area contributed by atoms with Gasteiger partial charge < -0.3 is 10.6 Å². The van der Waals surface area contributed by atoms with E-state index in [2.05, 4.69) is 23.6 Å². The van der Waals surface area contributed by atoms with Crippen molar-refractivity contribution in [3.8, 4) is 0 Å². The molecule has 1 unspecified atom stereocenters. The second-order valence-electron chi connectivity index (χ2n) is 5.30. The molecular weight excluding hydrogens is 236 g/mol. The van der Waals surface area contributed by atoms with Crippen molar-refractivity contribution < 1.29 is 4.79 Å². The summed E-state index contributed by atoms with van der Waals surface area (Å²) in [5, 5.41) is 6.67. The van der Waals surface area contributed by atoms with E-state index >= 15 is 0 Å². The van der Waals surface area contributed by atoms with Crippen LogP contribution >= 0.6 is 0 Å². The van der Waals surface area contributed by atoms with E-state index in [1.807, 2.05) is 19.1 Å². The van der Waals surface area contributed by atoms with Crippen molar-refractivity contribution in [3.05, 3.63) is 29.3 Å². The average molecular weight is 260 g/mol. The van der Waals surface area contributed by atoms with Gasteiger partial charge in [0.2, 0.25) is 0 Å². The summed E-state index contributed by atoms with van der Waals surface area (Å²) in [7, 11) is 0. The summed E-state index contributed by atoms with van der Waals surface area (Å²) >= 11 is 0. The number of ketones is 1. The summed E-state index contributed by atoms with van der Waals surface area (Å²) in [5.41, 5.74) is 3.30. The Balaban J connectivity index is 2.02. The standard InChI is InChI=1S/C16H24N2O/c1-3-4-9-17-12(2)16(19)14-7-8-15-13(11-14)6-5-10-18-15/h7-8,11-12,17-18H,3-6,9-10H2,1-2H3. The van der Waals surface area contributed by atoms with Gasteiger partial charge >= 0.3 is 0 Å². The number of anilines is 1. The fraction of sp³-hybridized carbons (Fsp3) is 0.562. The summed E-state index contributed by atoms with van der Waals surface area (Å²) in [6.07, 6.45) is 4.49. The van der Waals surface area contributed by atoms with Gasteiger partial charge in [-0.15, -0.1) is 0 Å². The van der Waals surface area contributed by atoms with E-state index in [0.717, 1.165) is 44.3 Å². The Morgan fingerprint density at radius 1 is 1.47 bits per heavy atom. The van der Waals surface area contributed by atoms with Crippen LogP contribution in [0.1, 0.15) is 49.0 Å². The van der Waals surface area contributed by atoms with Gasteiger partial charge in [0.15, 0.2) is 5.78 Å². The Hall–Kier alpha value is -1.35. The Kier molecular flexibility index (Phi) is 4.97. The fourth-order valence-electron chi connectivity index (χ4n) is 2.47. The topological polar surface area (TPSA) is 41.1 Å². The minimum atomic E-state index is -0.0962. The molecule has 1 heterocycles. The molecule has 19 heavy (non-hydrogen) atoms. The first kappa shape index (κ1) is 14.1. The van der Waals surface area contributed by atoms with Crippen molar-refractivity contribution in [1.82, 2.24) is 5.32 Å². The third kappa shape index (κ3) is 3.57. The molecule has 2 N–H and O–H groups in total. The van der Waals surface area contributed by atoms with Crippen molar-refractivity contribution in [2.75, 3.05) is 18.4 Å². The molecule has 1 atom stereocenters. The number of rotatable bonds is 6. The maximum Gasteiger partial charge on any atom is 0.179 e. The number of Topliss-reactive ketones (excluding diaryl/α,β-unsaturated/α-hetero) is 1. The van der Waals surface area contributed by atoms with E-state index in [0.29, 0.717) is 0 Å². The van der Waals surface area contributed by atoms with Crippen LogP contribution in [0.3, 0.4) is 0 Å². The molecule has 1 aliphatic rings. The molecule has 0 aromatic heterocycles. The third-order valence-electron chi connectivity index (χ3n) is 3.70. The van der Waals surface area contributed by atoms with E-state index in [-0.39, 0.29) is 11.8 Å². The lowest BCUT2D eigenvalue weighted by Crippen LogP contribution is -2.34. The minimum Gasteiger partial charge on any atom is -0.385 e. The molecule has 1 aromatic carbocycles. The van der Waals surface area contributed by atoms with Crippen LogP contribution in [0, 0.1) is 0 Å². The molecule has 104 valence electrons. The van der Waals surface area contributed by atoms with Crippen LogP contribution in [0.15, 0.2) is 18.2 Å². The monoisotopic (exact) mass is 260 g/mol. The average Bonchev–Trinajstić information content (AvgIpc) is 2.46. The predicted octanol–water partition coefficient (Wildman–Crippen LogP) is 3.01. The summed E-state index contributed by atoms with van der Waals surface area (Å²) in [5.74, 6) is 0.199. The lowest BCUT2D eigenvalue weighted by molar-refractivity contribution is 0.0951. The number of carbonyl (C=O) groups is 1. The number of nitrogens with one attached hydrogen (secondary N) is 2. The number of hydrogen-bond acceptors (Lipinski definition) is 3. The van der Waals surface area contributed by atoms with Crippen LogP contribution in [0.4, 0.5) is 5.69 Å². The molecule has 0 saturated heterocycles. The predicted molar refractivity (Wildman–Crippen MR) is 80.0 cm³/mol. The molecule has 0 fully saturated rings. The first-order valence-electron chi connectivity index (χ1n) is 7.36. The third-order valence-corrected chi connectivity index (χ3v) is 3.70. The molecule has 0 amide bonds. The second-order valence-corrected chi connectivity index (χ2v) is 5.30. The maximum absolute atomic E-state index is 12.3. The maximum atomic E-state index is 12.3. The van der Waals surface area contributed by atoms with Gasteiger partial charge in [0.05, 0.1) is 6.04 Å². The normalized spacial score (nSPS) is 15.5. The first-order chi connectivity index (χ1) is 9.22. The Bertz CT molecular complexity index is 442. The molecule has 1 aromatic rings. The van der Waals surface area contributed by atoms with Gasteiger partial charge in [-0.1, -0.05) is 13.3 Å². The Morgan fingerprint density at radius 3 is 3.11 bits per heavy atom. The zero-order valence-corrected chi connectivity index (χ0v) is 12.0. The molecule has 0 saturated carbocycles. The van der Waals surface area contributed by atoms with Crippen molar-refractivity contribution in [2.45, 2.75) is 45.6 Å². The summed E-state index contributed by atoms with van der Waals surface area (Å²) in [6, 6.07) is 5.95. The van der Waals surface area contributed by atoms with Crippen LogP contribution in [-0.4, -0.2) is 24.9 Å². The summed E-state index contributed by atoms with van der Waals surface area (Å²) < 4.78 is 0. The Morgan fingerprint density at radius 2 is 2.32 bits per heavy atom. The highest BCUT2D eigenvalue weighted by atomic mass is 16.1. The van der Waals surface area contributed by atoms with E-state index in [9.17, 15) is 4.79 Å². The van der Waals surface area contributed by atoms with Crippen LogP contribution in [0.2, 0.25) is 0 Å². The van der Waals surface area contributed by atoms with Gasteiger partial charge in [0.25, 0.3) is 0 Å². The number of carbonyl (C=O) groups excluding carboxylic acids is 1. The Labute approximate surface area is 115 Å². The van der Waals surface area contributed by atoms with E-state index in [4.69, 9.17) is 0 Å². The van der Waals surface area contributed by atoms with Crippen LogP contribution < -0.4 is 10.6 Å². The molecule has 0 aliphatic carbocycles. The fourth-order valence-corrected chi connectivity index (χ4v) is 2.47. The lowest BCUT2D eigenvalue weighted by Gasteiger charge is -2.19. The van der Waals surface area contributed by atoms with E-state index < -0.39 is 0 Å². The van der Waals surface area contributed by atoms with Gasteiger partial charge in [-0.05, 0) is 56.5 Å². The quantitative estimate of drug-likeness (QED) is 0.610. The lowest BCUT2D eigenvalue weighted by atomic mass is 9.97. The minimum absolute atomic E-state index is 0.0962. The second kappa shape index (κ2) is 6.71. The van der Waals surface area contributed by atoms with Gasteiger partial charge in [0, 0.05) is 17.8 Å². The van der Waals surface area contributed by atoms with Gasteiger partial charge in [-0.2, -0.15) is 0 Å². The number of hydrogen-bond donors (Lipinski definition) is 2. The number of unbranched alkanes of at least 4 members (excludes halogenated alkanes) is 1. The molecule has 1 aliphatic heterocycles. The molecular formula is C16H24N2O. The summed E-state index contributed by atoms with van der Waals surface area (Å²) in [6.45, 7) is 6.06. The van der Waals surface area contributed by atoms with Crippen molar-refractivity contribution in [2.24, 2.45) is 0 Å². The van der Waals surface area contributed by atoms with Gasteiger partial charge in [-0.25, -0.2) is 0 Å². The highest BCUT2D eigenvalue weighted by molar-refractivity contribution is 6.00. The largest absolute Gasteiger partial charge is 0.385 e. The van der Waals surface area contributed by atoms with Crippen molar-refractivity contribution in [3.63, 3.8) is 0 Å². The highest BCUT2D eigenvalue weighted by Gasteiger charge is 2.17. The number of aryl methyl sites for hydroxylation is 1. The van der Waals surface area contributed by atoms with Crippen molar-refractivity contribution >= 4 is 11.5 Å². The van der Waals surface area contributed by atoms with E-state index in [1.165, 1.54) is 11.3 Å². The van der Waals surface area contributed by atoms with Crippen LogP contribution in [0.5, 0.6) is 0 Å². The molecule has 0 bridgehead atoms. The van der Waals surface area contributed by atoms with E-state index in [1.54, 1.807) is 0 Å². The number of fused-ring (bicyclic) bond motifs is 1. The SMILES string of the molecule is CCCCNC(C)C(=O)c1ccc2c(c1)CCCN2. The van der Waals surface area contributed by atoms with Crippen molar-refractivity contribution in [1.29, 1.82) is 0 Å². The molecule has 3 heteroatoms. The number of benzene rings is 1. The van der Waals surface area contributed by atoms with Crippen LogP contribution in [0.25, 0.3) is 0 Å². The molecule has 0 radical (unpaired) electrons. The molecule has 3 nitrogen and oxygen atoms in total. The zero-order chi connectivity index (χ0) is 13.7. The summed E-state index contributed by atoms with van der Waals surface area (Å²) in [4.78, 5) is 12.3.